The first kappa shape index (κ1) is 19.0. The van der Waals surface area contributed by atoms with Gasteiger partial charge in [0.15, 0.2) is 5.78 Å². The molecule has 0 bridgehead atoms. The lowest BCUT2D eigenvalue weighted by Crippen LogP contribution is -2.06. The van der Waals surface area contributed by atoms with Crippen molar-refractivity contribution in [2.24, 2.45) is 0 Å². The Balaban J connectivity index is 1.67. The Bertz CT molecular complexity index is 958. The predicted molar refractivity (Wildman–Crippen MR) is 105 cm³/mol. The quantitative estimate of drug-likeness (QED) is 0.328. The second-order valence-electron chi connectivity index (χ2n) is 6.00. The molecule has 2 aromatic heterocycles. The summed E-state index contributed by atoms with van der Waals surface area (Å²) in [5, 5.41) is 8.44. The van der Waals surface area contributed by atoms with Crippen molar-refractivity contribution in [1.29, 1.82) is 0 Å². The first-order valence-corrected chi connectivity index (χ1v) is 9.43. The van der Waals surface area contributed by atoms with Crippen LogP contribution in [-0.4, -0.2) is 33.4 Å². The van der Waals surface area contributed by atoms with Crippen LogP contribution in [0.3, 0.4) is 0 Å². The number of nitrogens with zero attached hydrogens (tertiary/aromatic N) is 3. The highest BCUT2D eigenvalue weighted by molar-refractivity contribution is 7.99. The number of carbonyl (C=O) groups excluding carboxylic acids is 1. The number of aryl methyl sites for hydroxylation is 1. The predicted octanol–water partition coefficient (Wildman–Crippen LogP) is 4.32. The van der Waals surface area contributed by atoms with Gasteiger partial charge in [-0.25, -0.2) is 0 Å². The third-order valence-electron chi connectivity index (χ3n) is 4.26. The Morgan fingerprint density at radius 1 is 1.30 bits per heavy atom. The number of thioether (sulfide) groups is 1. The Hall–Kier alpha value is -2.80. The lowest BCUT2D eigenvalue weighted by Gasteiger charge is -2.05. The first-order chi connectivity index (χ1) is 13.0. The van der Waals surface area contributed by atoms with Crippen molar-refractivity contribution >= 4 is 17.5 Å². The fourth-order valence-corrected chi connectivity index (χ4v) is 3.46. The van der Waals surface area contributed by atoms with Crippen LogP contribution < -0.4 is 4.74 Å². The van der Waals surface area contributed by atoms with E-state index < -0.39 is 0 Å². The second-order valence-corrected chi connectivity index (χ2v) is 6.92. The van der Waals surface area contributed by atoms with Crippen LogP contribution in [0, 0.1) is 13.8 Å². The third kappa shape index (κ3) is 4.14. The molecule has 0 saturated carbocycles. The molecule has 6 nitrogen and oxygen atoms in total. The van der Waals surface area contributed by atoms with Crippen LogP contribution in [0.25, 0.3) is 11.5 Å². The maximum Gasteiger partial charge on any atom is 0.277 e. The van der Waals surface area contributed by atoms with Gasteiger partial charge in [0.1, 0.15) is 5.75 Å². The minimum atomic E-state index is 0.0348. The van der Waals surface area contributed by atoms with Crippen LogP contribution in [0.2, 0.25) is 0 Å². The number of allylic oxidation sites excluding steroid dienone is 1. The van der Waals surface area contributed by atoms with Crippen molar-refractivity contribution in [2.45, 2.75) is 25.6 Å². The van der Waals surface area contributed by atoms with Crippen molar-refractivity contribution in [2.75, 3.05) is 12.9 Å². The van der Waals surface area contributed by atoms with Crippen molar-refractivity contribution < 1.29 is 13.9 Å². The number of Topliss-reactive ketones (excluding diaryl/α,β-unsaturated/α-hetero) is 1. The molecule has 0 atom stereocenters. The smallest absolute Gasteiger partial charge is 0.277 e. The number of aromatic nitrogens is 3. The van der Waals surface area contributed by atoms with Gasteiger partial charge in [-0.15, -0.1) is 16.8 Å². The number of rotatable bonds is 8. The van der Waals surface area contributed by atoms with Crippen LogP contribution in [0.5, 0.6) is 5.75 Å². The number of hydrogen-bond donors (Lipinski definition) is 0. The van der Waals surface area contributed by atoms with E-state index in [9.17, 15) is 4.79 Å². The molecule has 0 radical (unpaired) electrons. The van der Waals surface area contributed by atoms with Gasteiger partial charge in [0.05, 0.1) is 12.9 Å². The van der Waals surface area contributed by atoms with Gasteiger partial charge >= 0.3 is 0 Å². The molecule has 2 heterocycles. The molecule has 1 aromatic carbocycles. The number of benzene rings is 1. The van der Waals surface area contributed by atoms with Gasteiger partial charge in [-0.1, -0.05) is 17.8 Å². The van der Waals surface area contributed by atoms with E-state index in [-0.39, 0.29) is 11.5 Å². The number of ketones is 1. The van der Waals surface area contributed by atoms with E-state index in [1.165, 1.54) is 11.8 Å². The van der Waals surface area contributed by atoms with Gasteiger partial charge < -0.3 is 13.7 Å². The monoisotopic (exact) mass is 383 g/mol. The topological polar surface area (TPSA) is 70.2 Å². The van der Waals surface area contributed by atoms with Gasteiger partial charge in [-0.2, -0.15) is 0 Å². The number of ether oxygens (including phenoxy) is 1. The molecule has 0 N–H and O–H groups in total. The van der Waals surface area contributed by atoms with E-state index in [4.69, 9.17) is 9.15 Å². The molecule has 0 aliphatic carbocycles. The second kappa shape index (κ2) is 8.26. The lowest BCUT2D eigenvalue weighted by atomic mass is 10.2. The normalized spacial score (nSPS) is 10.8. The van der Waals surface area contributed by atoms with Gasteiger partial charge in [0.25, 0.3) is 5.22 Å². The highest BCUT2D eigenvalue weighted by atomic mass is 32.2. The average molecular weight is 383 g/mol. The molecular formula is C20H21N3O3S. The summed E-state index contributed by atoms with van der Waals surface area (Å²) in [6, 6.07) is 9.27. The molecule has 0 spiro atoms. The molecule has 0 aliphatic rings. The molecule has 0 amide bonds. The Kier molecular flexibility index (Phi) is 5.81. The Morgan fingerprint density at radius 3 is 2.70 bits per heavy atom. The highest BCUT2D eigenvalue weighted by Gasteiger charge is 2.17. The fourth-order valence-electron chi connectivity index (χ4n) is 2.82. The molecule has 0 saturated heterocycles. The zero-order chi connectivity index (χ0) is 19.4. The summed E-state index contributed by atoms with van der Waals surface area (Å²) in [6.07, 6.45) is 1.82. The zero-order valence-electron chi connectivity index (χ0n) is 15.6. The van der Waals surface area contributed by atoms with Crippen LogP contribution in [0.1, 0.15) is 21.7 Å². The third-order valence-corrected chi connectivity index (χ3v) is 5.07. The average Bonchev–Trinajstić information content (AvgIpc) is 3.26. The number of methoxy groups -OCH3 is 1. The molecule has 0 fully saturated rings. The van der Waals surface area contributed by atoms with E-state index in [1.54, 1.807) is 7.11 Å². The molecular weight excluding hydrogens is 362 g/mol. The van der Waals surface area contributed by atoms with E-state index in [0.29, 0.717) is 17.7 Å². The van der Waals surface area contributed by atoms with E-state index in [0.717, 1.165) is 28.3 Å². The minimum Gasteiger partial charge on any atom is -0.497 e. The zero-order valence-corrected chi connectivity index (χ0v) is 16.4. The number of carbonyl (C=O) groups is 1. The molecule has 0 aliphatic heterocycles. The maximum absolute atomic E-state index is 12.6. The summed E-state index contributed by atoms with van der Waals surface area (Å²) in [4.78, 5) is 12.6. The van der Waals surface area contributed by atoms with Crippen molar-refractivity contribution in [1.82, 2.24) is 14.8 Å². The Labute approximate surface area is 162 Å². The maximum atomic E-state index is 12.6. The summed E-state index contributed by atoms with van der Waals surface area (Å²) in [5.74, 6) is 1.44. The van der Waals surface area contributed by atoms with E-state index in [2.05, 4.69) is 21.3 Å². The van der Waals surface area contributed by atoms with Crippen LogP contribution in [0.15, 0.2) is 52.6 Å². The Morgan fingerprint density at radius 2 is 2.04 bits per heavy atom. The van der Waals surface area contributed by atoms with Crippen LogP contribution >= 0.6 is 11.8 Å². The van der Waals surface area contributed by atoms with E-state index >= 15 is 0 Å². The summed E-state index contributed by atoms with van der Waals surface area (Å²) in [5.41, 5.74) is 3.51. The van der Waals surface area contributed by atoms with Crippen LogP contribution in [0.4, 0.5) is 0 Å². The molecule has 140 valence electrons. The van der Waals surface area contributed by atoms with Gasteiger partial charge in [0, 0.05) is 29.1 Å². The summed E-state index contributed by atoms with van der Waals surface area (Å²) in [6.45, 7) is 8.38. The summed E-state index contributed by atoms with van der Waals surface area (Å²) < 4.78 is 12.9. The SMILES string of the molecule is C=CCn1c(C)cc(C(=O)CSc2nnc(-c3ccc(OC)cc3)o2)c1C. The summed E-state index contributed by atoms with van der Waals surface area (Å²) >= 11 is 1.24. The van der Waals surface area contributed by atoms with E-state index in [1.807, 2.05) is 50.3 Å². The standard InChI is InChI=1S/C20H21N3O3S/c1-5-10-23-13(2)11-17(14(23)3)18(24)12-27-20-22-21-19(26-20)15-6-8-16(25-4)9-7-15/h5-9,11H,1,10,12H2,2-4H3. The lowest BCUT2D eigenvalue weighted by molar-refractivity contribution is 0.102. The molecule has 27 heavy (non-hydrogen) atoms. The van der Waals surface area contributed by atoms with Crippen molar-refractivity contribution in [3.05, 3.63) is 59.9 Å². The molecule has 3 aromatic rings. The minimum absolute atomic E-state index is 0.0348. The van der Waals surface area contributed by atoms with Crippen molar-refractivity contribution in [3.63, 3.8) is 0 Å². The van der Waals surface area contributed by atoms with Gasteiger partial charge in [-0.05, 0) is 44.2 Å². The first-order valence-electron chi connectivity index (χ1n) is 8.45. The molecule has 7 heteroatoms. The largest absolute Gasteiger partial charge is 0.497 e. The summed E-state index contributed by atoms with van der Waals surface area (Å²) in [7, 11) is 1.61. The van der Waals surface area contributed by atoms with Crippen molar-refractivity contribution in [3.8, 4) is 17.2 Å². The molecule has 0 unspecified atom stereocenters. The van der Waals surface area contributed by atoms with Crippen LogP contribution in [-0.2, 0) is 6.54 Å². The highest BCUT2D eigenvalue weighted by Crippen LogP contribution is 2.26. The van der Waals surface area contributed by atoms with Gasteiger partial charge in [-0.3, -0.25) is 4.79 Å². The number of hydrogen-bond acceptors (Lipinski definition) is 6. The fraction of sp³-hybridized carbons (Fsp3) is 0.250. The van der Waals surface area contributed by atoms with Gasteiger partial charge in [0.2, 0.25) is 5.89 Å². The molecule has 3 rings (SSSR count).